The molecule has 0 fully saturated rings. The predicted molar refractivity (Wildman–Crippen MR) is 53.2 cm³/mol. The molecule has 0 amide bonds. The summed E-state index contributed by atoms with van der Waals surface area (Å²) in [6.07, 6.45) is 4.33. The minimum absolute atomic E-state index is 0.326. The van der Waals surface area contributed by atoms with Crippen molar-refractivity contribution < 1.29 is 4.79 Å². The largest absolute Gasteiger partial charge is 0.300 e. The molecule has 0 rings (SSSR count). The van der Waals surface area contributed by atoms with Gasteiger partial charge in [-0.3, -0.25) is 0 Å². The topological polar surface area (TPSA) is 17.1 Å². The smallest absolute Gasteiger partial charge is 0.129 e. The Hall–Kier alpha value is -0.330. The molecule has 0 N–H and O–H groups in total. The van der Waals surface area contributed by atoms with E-state index in [2.05, 4.69) is 20.8 Å². The van der Waals surface area contributed by atoms with Gasteiger partial charge < -0.3 is 4.79 Å². The summed E-state index contributed by atoms with van der Waals surface area (Å²) >= 11 is 0. The molecule has 0 aromatic heterocycles. The highest BCUT2D eigenvalue weighted by Gasteiger charge is 2.04. The van der Waals surface area contributed by atoms with Gasteiger partial charge in [-0.25, -0.2) is 0 Å². The molecule has 0 saturated heterocycles. The van der Waals surface area contributed by atoms with Gasteiger partial charge in [-0.2, -0.15) is 0 Å². The van der Waals surface area contributed by atoms with Gasteiger partial charge >= 0.3 is 0 Å². The van der Waals surface area contributed by atoms with Crippen LogP contribution in [0.1, 0.15) is 53.4 Å². The third-order valence-electron chi connectivity index (χ3n) is 2.10. The van der Waals surface area contributed by atoms with E-state index >= 15 is 0 Å². The first kappa shape index (κ1) is 11.7. The lowest BCUT2D eigenvalue weighted by Crippen LogP contribution is -2.01. The molecule has 0 spiro atoms. The first-order valence-electron chi connectivity index (χ1n) is 5.01. The average molecular weight is 170 g/mol. The molecule has 0 heterocycles. The van der Waals surface area contributed by atoms with E-state index in [9.17, 15) is 4.79 Å². The summed E-state index contributed by atoms with van der Waals surface area (Å²) in [6.45, 7) is 8.45. The van der Waals surface area contributed by atoms with Crippen LogP contribution in [0.5, 0.6) is 0 Å². The summed E-state index contributed by atoms with van der Waals surface area (Å²) in [5.41, 5.74) is 0. The lowest BCUT2D eigenvalue weighted by Gasteiger charge is -2.12. The minimum atomic E-state index is 0.326. The molecule has 0 saturated carbocycles. The molecule has 0 aromatic rings. The summed E-state index contributed by atoms with van der Waals surface area (Å²) in [4.78, 5) is 10.6. The Balaban J connectivity index is 3.31. The Morgan fingerprint density at radius 1 is 1.25 bits per heavy atom. The molecule has 1 atom stereocenters. The van der Waals surface area contributed by atoms with Crippen molar-refractivity contribution in [3.8, 4) is 0 Å². The van der Waals surface area contributed by atoms with E-state index in [-0.39, 0.29) is 0 Å². The quantitative estimate of drug-likeness (QED) is 0.597. The first-order valence-corrected chi connectivity index (χ1v) is 5.01. The summed E-state index contributed by atoms with van der Waals surface area (Å²) in [7, 11) is 0. The third-order valence-corrected chi connectivity index (χ3v) is 2.10. The monoisotopic (exact) mass is 170 g/mol. The van der Waals surface area contributed by atoms with Gasteiger partial charge in [0.05, 0.1) is 0 Å². The van der Waals surface area contributed by atoms with Crippen molar-refractivity contribution in [3.63, 3.8) is 0 Å². The Kier molecular flexibility index (Phi) is 6.04. The lowest BCUT2D eigenvalue weighted by atomic mass is 9.94. The zero-order chi connectivity index (χ0) is 9.56. The van der Waals surface area contributed by atoms with Gasteiger partial charge in [0, 0.05) is 6.42 Å². The highest BCUT2D eigenvalue weighted by atomic mass is 16.1. The second-order valence-corrected chi connectivity index (χ2v) is 4.33. The lowest BCUT2D eigenvalue weighted by molar-refractivity contribution is -0.117. The molecule has 0 aliphatic carbocycles. The molecule has 1 unspecified atom stereocenters. The Bertz CT molecular complexity index is 127. The number of Topliss-reactive ketones (excluding diaryl/α,β-unsaturated/α-hetero) is 1. The average Bonchev–Trinajstić information content (AvgIpc) is 1.84. The van der Waals surface area contributed by atoms with Crippen LogP contribution in [-0.2, 0) is 4.79 Å². The van der Waals surface area contributed by atoms with Crippen molar-refractivity contribution in [1.29, 1.82) is 0 Å². The van der Waals surface area contributed by atoms with Crippen LogP contribution in [0.25, 0.3) is 0 Å². The molecular formula is C11H22O. The van der Waals surface area contributed by atoms with Gasteiger partial charge in [-0.05, 0) is 31.6 Å². The second-order valence-electron chi connectivity index (χ2n) is 4.33. The number of hydrogen-bond acceptors (Lipinski definition) is 1. The van der Waals surface area contributed by atoms with Crippen molar-refractivity contribution in [2.24, 2.45) is 11.8 Å². The predicted octanol–water partition coefficient (Wildman–Crippen LogP) is 3.43. The van der Waals surface area contributed by atoms with Crippen molar-refractivity contribution in [3.05, 3.63) is 0 Å². The zero-order valence-electron chi connectivity index (χ0n) is 8.89. The van der Waals surface area contributed by atoms with Gasteiger partial charge in [0.15, 0.2) is 0 Å². The molecule has 72 valence electrons. The van der Waals surface area contributed by atoms with E-state index in [4.69, 9.17) is 0 Å². The Morgan fingerprint density at radius 2 is 1.83 bits per heavy atom. The third kappa shape index (κ3) is 7.77. The molecule has 1 heteroatoms. The first-order chi connectivity index (χ1) is 5.52. The maximum absolute atomic E-state index is 10.6. The molecule has 1 nitrogen and oxygen atoms in total. The van der Waals surface area contributed by atoms with E-state index in [0.29, 0.717) is 5.78 Å². The van der Waals surface area contributed by atoms with Crippen LogP contribution < -0.4 is 0 Å². The standard InChI is InChI=1S/C11H22O/c1-9(2)8-10(3)6-5-7-11(4)12/h9-10H,5-8H2,1-4H3. The van der Waals surface area contributed by atoms with Gasteiger partial charge in [0.1, 0.15) is 5.78 Å². The zero-order valence-corrected chi connectivity index (χ0v) is 8.89. The highest BCUT2D eigenvalue weighted by Crippen LogP contribution is 2.16. The normalized spacial score (nSPS) is 13.4. The molecule has 0 aliphatic rings. The fourth-order valence-corrected chi connectivity index (χ4v) is 1.62. The maximum Gasteiger partial charge on any atom is 0.129 e. The molecule has 0 bridgehead atoms. The highest BCUT2D eigenvalue weighted by molar-refractivity contribution is 5.75. The van der Waals surface area contributed by atoms with Crippen LogP contribution in [0.2, 0.25) is 0 Å². The molecule has 0 aromatic carbocycles. The van der Waals surface area contributed by atoms with E-state index in [1.165, 1.54) is 12.8 Å². The number of hydrogen-bond donors (Lipinski definition) is 0. The van der Waals surface area contributed by atoms with Crippen molar-refractivity contribution in [2.75, 3.05) is 0 Å². The number of ketones is 1. The van der Waals surface area contributed by atoms with E-state index in [1.807, 2.05) is 0 Å². The Labute approximate surface area is 76.6 Å². The van der Waals surface area contributed by atoms with Crippen LogP contribution in [0, 0.1) is 11.8 Å². The van der Waals surface area contributed by atoms with Gasteiger partial charge in [0.2, 0.25) is 0 Å². The maximum atomic E-state index is 10.6. The van der Waals surface area contributed by atoms with Crippen molar-refractivity contribution in [2.45, 2.75) is 53.4 Å². The number of carbonyl (C=O) groups excluding carboxylic acids is 1. The van der Waals surface area contributed by atoms with Crippen molar-refractivity contribution >= 4 is 5.78 Å². The fourth-order valence-electron chi connectivity index (χ4n) is 1.62. The molecule has 0 radical (unpaired) electrons. The number of carbonyl (C=O) groups is 1. The van der Waals surface area contributed by atoms with Crippen LogP contribution in [0.15, 0.2) is 0 Å². The van der Waals surface area contributed by atoms with E-state index in [1.54, 1.807) is 6.92 Å². The number of rotatable bonds is 6. The van der Waals surface area contributed by atoms with Crippen LogP contribution >= 0.6 is 0 Å². The van der Waals surface area contributed by atoms with Crippen LogP contribution in [0.3, 0.4) is 0 Å². The molecule has 12 heavy (non-hydrogen) atoms. The van der Waals surface area contributed by atoms with Crippen molar-refractivity contribution in [1.82, 2.24) is 0 Å². The summed E-state index contributed by atoms with van der Waals surface area (Å²) in [5, 5.41) is 0. The molecular weight excluding hydrogens is 148 g/mol. The van der Waals surface area contributed by atoms with Gasteiger partial charge in [0.25, 0.3) is 0 Å². The van der Waals surface area contributed by atoms with Gasteiger partial charge in [-0.15, -0.1) is 0 Å². The SMILES string of the molecule is CC(=O)CCCC(C)CC(C)C. The fraction of sp³-hybridized carbons (Fsp3) is 0.909. The van der Waals surface area contributed by atoms with Gasteiger partial charge in [-0.1, -0.05) is 27.2 Å². The van der Waals surface area contributed by atoms with Crippen LogP contribution in [0.4, 0.5) is 0 Å². The minimum Gasteiger partial charge on any atom is -0.300 e. The summed E-state index contributed by atoms with van der Waals surface area (Å²) in [6, 6.07) is 0. The Morgan fingerprint density at radius 3 is 2.25 bits per heavy atom. The molecule has 0 aliphatic heterocycles. The van der Waals surface area contributed by atoms with Crippen LogP contribution in [-0.4, -0.2) is 5.78 Å². The summed E-state index contributed by atoms with van der Waals surface area (Å²) < 4.78 is 0. The second kappa shape index (κ2) is 6.22. The summed E-state index contributed by atoms with van der Waals surface area (Å²) in [5.74, 6) is 1.90. The van der Waals surface area contributed by atoms with E-state index in [0.717, 1.165) is 24.7 Å². The van der Waals surface area contributed by atoms with E-state index < -0.39 is 0 Å².